The summed E-state index contributed by atoms with van der Waals surface area (Å²) in [6.45, 7) is 0. The molecule has 0 spiro atoms. The van der Waals surface area contributed by atoms with Gasteiger partial charge in [0.2, 0.25) is 5.13 Å². The summed E-state index contributed by atoms with van der Waals surface area (Å²) < 4.78 is 43.6. The van der Waals surface area contributed by atoms with Crippen molar-refractivity contribution in [3.63, 3.8) is 0 Å². The van der Waals surface area contributed by atoms with Crippen LogP contribution in [0, 0.1) is 0 Å². The third-order valence-electron chi connectivity index (χ3n) is 2.92. The minimum absolute atomic E-state index is 0.105. The van der Waals surface area contributed by atoms with E-state index >= 15 is 0 Å². The van der Waals surface area contributed by atoms with Gasteiger partial charge < -0.3 is 10.5 Å². The molecule has 0 bridgehead atoms. The number of nitrogens with two attached hydrogens (primary N) is 1. The number of nitrogen functional groups attached to an aromatic ring is 1. The minimum Gasteiger partial charge on any atom is -0.457 e. The fraction of sp³-hybridized carbons (Fsp3) is 0.0667. The SMILES string of the molecule is Nc1nnc(-c2cccc(Oc3cccc(C(F)(F)F)c3)c2)s1. The quantitative estimate of drug-likeness (QED) is 0.759. The molecule has 3 aromatic rings. The highest BCUT2D eigenvalue weighted by Gasteiger charge is 2.30. The predicted molar refractivity (Wildman–Crippen MR) is 81.3 cm³/mol. The molecule has 2 N–H and O–H groups in total. The lowest BCUT2D eigenvalue weighted by atomic mass is 10.2. The van der Waals surface area contributed by atoms with Crippen LogP contribution in [0.25, 0.3) is 10.6 Å². The third-order valence-corrected chi connectivity index (χ3v) is 3.72. The van der Waals surface area contributed by atoms with Crippen LogP contribution < -0.4 is 10.5 Å². The van der Waals surface area contributed by atoms with Crippen molar-refractivity contribution in [3.05, 3.63) is 54.1 Å². The number of hydrogen-bond donors (Lipinski definition) is 1. The predicted octanol–water partition coefficient (Wildman–Crippen LogP) is 4.60. The fourth-order valence-electron chi connectivity index (χ4n) is 1.92. The van der Waals surface area contributed by atoms with Gasteiger partial charge in [0.15, 0.2) is 0 Å². The molecule has 8 heteroatoms. The molecular formula is C15H10F3N3OS. The Morgan fingerprint density at radius 3 is 2.30 bits per heavy atom. The van der Waals surface area contributed by atoms with Gasteiger partial charge in [-0.15, -0.1) is 10.2 Å². The van der Waals surface area contributed by atoms with E-state index in [0.29, 0.717) is 15.9 Å². The van der Waals surface area contributed by atoms with Crippen molar-refractivity contribution in [3.8, 4) is 22.1 Å². The second-order valence-corrected chi connectivity index (χ2v) is 5.61. The van der Waals surface area contributed by atoms with E-state index in [1.165, 1.54) is 23.5 Å². The van der Waals surface area contributed by atoms with Crippen LogP contribution in [0.15, 0.2) is 48.5 Å². The van der Waals surface area contributed by atoms with Crippen LogP contribution in [-0.4, -0.2) is 10.2 Å². The molecule has 0 saturated heterocycles. The molecule has 0 aliphatic carbocycles. The van der Waals surface area contributed by atoms with Gasteiger partial charge in [0, 0.05) is 5.56 Å². The van der Waals surface area contributed by atoms with Crippen molar-refractivity contribution in [2.24, 2.45) is 0 Å². The van der Waals surface area contributed by atoms with Gasteiger partial charge >= 0.3 is 6.18 Å². The first-order valence-corrected chi connectivity index (χ1v) is 7.28. The van der Waals surface area contributed by atoms with Crippen molar-refractivity contribution in [2.75, 3.05) is 5.73 Å². The van der Waals surface area contributed by atoms with E-state index in [0.717, 1.165) is 17.7 Å². The number of hydrogen-bond acceptors (Lipinski definition) is 5. The number of aromatic nitrogens is 2. The maximum atomic E-state index is 12.7. The summed E-state index contributed by atoms with van der Waals surface area (Å²) in [6.07, 6.45) is -4.41. The van der Waals surface area contributed by atoms with Crippen LogP contribution in [0.1, 0.15) is 5.56 Å². The first-order chi connectivity index (χ1) is 10.9. The van der Waals surface area contributed by atoms with Crippen molar-refractivity contribution in [1.82, 2.24) is 10.2 Å². The average molecular weight is 337 g/mol. The summed E-state index contributed by atoms with van der Waals surface area (Å²) in [4.78, 5) is 0. The second-order valence-electron chi connectivity index (χ2n) is 4.60. The summed E-state index contributed by atoms with van der Waals surface area (Å²) in [7, 11) is 0. The Morgan fingerprint density at radius 2 is 1.65 bits per heavy atom. The van der Waals surface area contributed by atoms with Crippen LogP contribution in [0.2, 0.25) is 0 Å². The van der Waals surface area contributed by atoms with E-state index in [1.54, 1.807) is 24.3 Å². The maximum Gasteiger partial charge on any atom is 0.416 e. The van der Waals surface area contributed by atoms with E-state index in [9.17, 15) is 13.2 Å². The Hall–Kier alpha value is -2.61. The second kappa shape index (κ2) is 5.88. The highest BCUT2D eigenvalue weighted by atomic mass is 32.1. The van der Waals surface area contributed by atoms with E-state index in [2.05, 4.69) is 10.2 Å². The fourth-order valence-corrected chi connectivity index (χ4v) is 2.52. The van der Waals surface area contributed by atoms with E-state index < -0.39 is 11.7 Å². The molecule has 0 saturated carbocycles. The molecule has 0 fully saturated rings. The number of ether oxygens (including phenoxy) is 1. The molecule has 0 aliphatic heterocycles. The number of rotatable bonds is 3. The summed E-state index contributed by atoms with van der Waals surface area (Å²) in [5, 5.41) is 8.59. The molecule has 1 heterocycles. The maximum absolute atomic E-state index is 12.7. The zero-order valence-electron chi connectivity index (χ0n) is 11.5. The van der Waals surface area contributed by atoms with Crippen molar-refractivity contribution < 1.29 is 17.9 Å². The van der Waals surface area contributed by atoms with Crippen LogP contribution >= 0.6 is 11.3 Å². The summed E-state index contributed by atoms with van der Waals surface area (Å²) in [5.41, 5.74) is 5.51. The molecule has 4 nitrogen and oxygen atoms in total. The van der Waals surface area contributed by atoms with Gasteiger partial charge in [-0.25, -0.2) is 0 Å². The Balaban J connectivity index is 1.86. The molecule has 23 heavy (non-hydrogen) atoms. The summed E-state index contributed by atoms with van der Waals surface area (Å²) >= 11 is 1.21. The molecule has 0 atom stereocenters. The van der Waals surface area contributed by atoms with Crippen LogP contribution in [0.4, 0.5) is 18.3 Å². The average Bonchev–Trinajstić information content (AvgIpc) is 2.94. The van der Waals surface area contributed by atoms with Gasteiger partial charge in [0.25, 0.3) is 0 Å². The molecule has 1 aromatic heterocycles. The molecule has 0 aliphatic rings. The molecule has 0 radical (unpaired) electrons. The number of nitrogens with zero attached hydrogens (tertiary/aromatic N) is 2. The summed E-state index contributed by atoms with van der Waals surface area (Å²) in [5.74, 6) is 0.504. The lowest BCUT2D eigenvalue weighted by molar-refractivity contribution is -0.137. The highest BCUT2D eigenvalue weighted by Crippen LogP contribution is 2.34. The molecule has 0 amide bonds. The number of benzene rings is 2. The number of halogens is 3. The highest BCUT2D eigenvalue weighted by molar-refractivity contribution is 7.18. The third kappa shape index (κ3) is 3.59. The van der Waals surface area contributed by atoms with Gasteiger partial charge in [-0.2, -0.15) is 13.2 Å². The lowest BCUT2D eigenvalue weighted by Crippen LogP contribution is -2.04. The topological polar surface area (TPSA) is 61.0 Å². The number of anilines is 1. The van der Waals surface area contributed by atoms with Crippen molar-refractivity contribution in [2.45, 2.75) is 6.18 Å². The first-order valence-electron chi connectivity index (χ1n) is 6.46. The Kier molecular flexibility index (Phi) is 3.91. The van der Waals surface area contributed by atoms with Gasteiger partial charge in [0.1, 0.15) is 16.5 Å². The monoisotopic (exact) mass is 337 g/mol. The van der Waals surface area contributed by atoms with Crippen LogP contribution in [0.5, 0.6) is 11.5 Å². The lowest BCUT2D eigenvalue weighted by Gasteiger charge is -2.10. The Morgan fingerprint density at radius 1 is 0.957 bits per heavy atom. The smallest absolute Gasteiger partial charge is 0.416 e. The van der Waals surface area contributed by atoms with Crippen LogP contribution in [-0.2, 0) is 6.18 Å². The minimum atomic E-state index is -4.41. The zero-order chi connectivity index (χ0) is 16.4. The Labute approximate surface area is 133 Å². The van der Waals surface area contributed by atoms with Gasteiger partial charge in [-0.05, 0) is 30.3 Å². The van der Waals surface area contributed by atoms with Gasteiger partial charge in [-0.1, -0.05) is 29.5 Å². The van der Waals surface area contributed by atoms with Gasteiger partial charge in [0.05, 0.1) is 5.56 Å². The number of alkyl halides is 3. The van der Waals surface area contributed by atoms with Crippen molar-refractivity contribution in [1.29, 1.82) is 0 Å². The zero-order valence-corrected chi connectivity index (χ0v) is 12.4. The molecule has 0 unspecified atom stereocenters. The molecule has 118 valence electrons. The summed E-state index contributed by atoms with van der Waals surface area (Å²) in [6, 6.07) is 11.5. The van der Waals surface area contributed by atoms with Gasteiger partial charge in [-0.3, -0.25) is 0 Å². The molecule has 2 aromatic carbocycles. The molecular weight excluding hydrogens is 327 g/mol. The van der Waals surface area contributed by atoms with Crippen LogP contribution in [0.3, 0.4) is 0 Å². The van der Waals surface area contributed by atoms with E-state index in [-0.39, 0.29) is 5.75 Å². The molecule has 3 rings (SSSR count). The Bertz CT molecular complexity index is 833. The first kappa shape index (κ1) is 15.3. The van der Waals surface area contributed by atoms with E-state index in [4.69, 9.17) is 10.5 Å². The van der Waals surface area contributed by atoms with Crippen molar-refractivity contribution >= 4 is 16.5 Å². The normalized spacial score (nSPS) is 11.4. The largest absolute Gasteiger partial charge is 0.457 e. The standard InChI is InChI=1S/C15H10F3N3OS/c16-15(17,18)10-4-2-6-12(8-10)22-11-5-1-3-9(7-11)13-20-21-14(19)23-13/h1-8H,(H2,19,21). The van der Waals surface area contributed by atoms with E-state index in [1.807, 2.05) is 0 Å².